The molecule has 208 valence electrons. The van der Waals surface area contributed by atoms with Gasteiger partial charge in [0.2, 0.25) is 0 Å². The second kappa shape index (κ2) is 11.9. The number of nitrogen functional groups attached to an aromatic ring is 1. The van der Waals surface area contributed by atoms with Crippen molar-refractivity contribution in [1.82, 2.24) is 19.5 Å². The molecule has 0 fully saturated rings. The number of hydrogen-bond donors (Lipinski definition) is 3. The molecule has 5 N–H and O–H groups in total. The number of hydrogen-bond acceptors (Lipinski definition) is 10. The standard InChI is InChI=1S/C25H28F3N7O4/c1-13(29)18(10-31-9-15(36)8-25(26,27)28)19-11-32-23(30)22(33-19)20-12-35(2)24(37)21(34-20)14-5-16(38-3)7-17(6-14)39-4/h5-7,10-12,15,36H,8-9,29H2,1-4H3,(H2,30,32)/t15-/m1/s1. The Balaban J connectivity index is 2.05. The number of benzene rings is 1. The third-order valence-electron chi connectivity index (χ3n) is 5.44. The van der Waals surface area contributed by atoms with E-state index in [1.165, 1.54) is 44.4 Å². The number of methoxy groups -OCH3 is 2. The van der Waals surface area contributed by atoms with E-state index in [0.29, 0.717) is 17.1 Å². The Morgan fingerprint density at radius 1 is 1.18 bits per heavy atom. The Kier molecular flexibility index (Phi) is 8.91. The molecule has 2 aromatic heterocycles. The van der Waals surface area contributed by atoms with Gasteiger partial charge in [0, 0.05) is 42.4 Å². The van der Waals surface area contributed by atoms with Crippen molar-refractivity contribution in [1.29, 1.82) is 0 Å². The summed E-state index contributed by atoms with van der Waals surface area (Å²) in [7, 11) is 4.50. The minimum absolute atomic E-state index is 0.00522. The zero-order valence-electron chi connectivity index (χ0n) is 21.7. The minimum atomic E-state index is -4.52. The molecule has 0 saturated carbocycles. The van der Waals surface area contributed by atoms with Gasteiger partial charge in [0.05, 0.1) is 45.2 Å². The minimum Gasteiger partial charge on any atom is -0.497 e. The number of aliphatic hydroxyl groups excluding tert-OH is 1. The van der Waals surface area contributed by atoms with Crippen LogP contribution < -0.4 is 26.5 Å². The summed E-state index contributed by atoms with van der Waals surface area (Å²) in [6, 6.07) is 4.91. The van der Waals surface area contributed by atoms with Crippen molar-refractivity contribution >= 4 is 17.6 Å². The lowest BCUT2D eigenvalue weighted by Gasteiger charge is -2.13. The number of aliphatic hydroxyl groups is 1. The normalized spacial score (nSPS) is 13.3. The van der Waals surface area contributed by atoms with Crippen LogP contribution in [0.25, 0.3) is 28.2 Å². The molecule has 3 rings (SSSR count). The van der Waals surface area contributed by atoms with Crippen molar-refractivity contribution in [2.75, 3.05) is 26.5 Å². The zero-order chi connectivity index (χ0) is 28.9. The molecule has 14 heteroatoms. The Labute approximate surface area is 221 Å². The molecule has 2 heterocycles. The predicted molar refractivity (Wildman–Crippen MR) is 140 cm³/mol. The summed E-state index contributed by atoms with van der Waals surface area (Å²) in [6.45, 7) is 1.05. The number of nitrogens with zero attached hydrogens (tertiary/aromatic N) is 5. The second-order valence-corrected chi connectivity index (χ2v) is 8.55. The molecule has 0 aliphatic carbocycles. The number of anilines is 1. The van der Waals surface area contributed by atoms with E-state index in [1.807, 2.05) is 0 Å². The van der Waals surface area contributed by atoms with Crippen LogP contribution in [0.1, 0.15) is 19.0 Å². The molecule has 0 radical (unpaired) electrons. The Morgan fingerprint density at radius 2 is 1.82 bits per heavy atom. The van der Waals surface area contributed by atoms with Gasteiger partial charge in [-0.15, -0.1) is 0 Å². The van der Waals surface area contributed by atoms with Crippen molar-refractivity contribution in [2.45, 2.75) is 25.6 Å². The summed E-state index contributed by atoms with van der Waals surface area (Å²) >= 11 is 0. The number of aliphatic imine (C=N–C) groups is 1. The third kappa shape index (κ3) is 7.31. The first-order valence-electron chi connectivity index (χ1n) is 11.5. The lowest BCUT2D eigenvalue weighted by Crippen LogP contribution is -2.21. The average molecular weight is 548 g/mol. The van der Waals surface area contributed by atoms with Gasteiger partial charge in [0.15, 0.2) is 5.82 Å². The maximum atomic E-state index is 13.0. The van der Waals surface area contributed by atoms with Crippen molar-refractivity contribution in [3.8, 4) is 34.1 Å². The van der Waals surface area contributed by atoms with Gasteiger partial charge in [-0.1, -0.05) is 0 Å². The molecule has 0 aliphatic heterocycles. The fourth-order valence-electron chi connectivity index (χ4n) is 3.54. The summed E-state index contributed by atoms with van der Waals surface area (Å²) < 4.78 is 49.4. The Hall–Kier alpha value is -4.46. The van der Waals surface area contributed by atoms with E-state index in [-0.39, 0.29) is 39.9 Å². The van der Waals surface area contributed by atoms with Crippen molar-refractivity contribution in [3.63, 3.8) is 0 Å². The van der Waals surface area contributed by atoms with Crippen LogP contribution in [0.15, 0.2) is 46.1 Å². The number of halogens is 3. The van der Waals surface area contributed by atoms with Gasteiger partial charge in [0.25, 0.3) is 5.56 Å². The molecule has 0 saturated heterocycles. The van der Waals surface area contributed by atoms with Gasteiger partial charge in [-0.05, 0) is 19.1 Å². The van der Waals surface area contributed by atoms with E-state index in [1.54, 1.807) is 25.1 Å². The first kappa shape index (κ1) is 29.1. The number of aromatic nitrogens is 4. The highest BCUT2D eigenvalue weighted by Gasteiger charge is 2.30. The summed E-state index contributed by atoms with van der Waals surface area (Å²) in [5, 5.41) is 9.59. The number of rotatable bonds is 9. The quantitative estimate of drug-likeness (QED) is 0.342. The van der Waals surface area contributed by atoms with Gasteiger partial charge in [-0.2, -0.15) is 13.2 Å². The van der Waals surface area contributed by atoms with E-state index in [4.69, 9.17) is 20.9 Å². The van der Waals surface area contributed by atoms with E-state index < -0.39 is 30.8 Å². The molecule has 0 unspecified atom stereocenters. The first-order chi connectivity index (χ1) is 18.3. The number of aryl methyl sites for hydroxylation is 1. The third-order valence-corrected chi connectivity index (χ3v) is 5.44. The van der Waals surface area contributed by atoms with E-state index >= 15 is 0 Å². The molecular formula is C25H28F3N7O4. The van der Waals surface area contributed by atoms with E-state index in [9.17, 15) is 23.1 Å². The summed E-state index contributed by atoms with van der Waals surface area (Å²) in [4.78, 5) is 30.0. The van der Waals surface area contributed by atoms with Crippen molar-refractivity contribution in [3.05, 3.63) is 52.3 Å². The van der Waals surface area contributed by atoms with Crippen LogP contribution >= 0.6 is 0 Å². The van der Waals surface area contributed by atoms with Crippen LogP contribution in [0, 0.1) is 0 Å². The topological polar surface area (TPSA) is 164 Å². The smallest absolute Gasteiger partial charge is 0.391 e. The molecular weight excluding hydrogens is 519 g/mol. The maximum Gasteiger partial charge on any atom is 0.391 e. The Morgan fingerprint density at radius 3 is 2.38 bits per heavy atom. The van der Waals surface area contributed by atoms with Gasteiger partial charge < -0.3 is 30.6 Å². The highest BCUT2D eigenvalue weighted by atomic mass is 19.4. The molecule has 0 bridgehead atoms. The number of ether oxygens (including phenoxy) is 2. The molecule has 0 spiro atoms. The van der Waals surface area contributed by atoms with Crippen LogP contribution in [-0.4, -0.2) is 63.9 Å². The maximum absolute atomic E-state index is 13.0. The monoisotopic (exact) mass is 547 g/mol. The summed E-state index contributed by atoms with van der Waals surface area (Å²) in [5.74, 6) is 0.908. The van der Waals surface area contributed by atoms with Gasteiger partial charge in [-0.3, -0.25) is 9.79 Å². The molecule has 39 heavy (non-hydrogen) atoms. The van der Waals surface area contributed by atoms with Crippen LogP contribution in [0.5, 0.6) is 11.5 Å². The highest BCUT2D eigenvalue weighted by Crippen LogP contribution is 2.29. The molecule has 1 atom stereocenters. The van der Waals surface area contributed by atoms with Crippen LogP contribution in [0.4, 0.5) is 19.0 Å². The fourth-order valence-corrected chi connectivity index (χ4v) is 3.54. The second-order valence-electron chi connectivity index (χ2n) is 8.55. The van der Waals surface area contributed by atoms with E-state index in [2.05, 4.69) is 19.9 Å². The summed E-state index contributed by atoms with van der Waals surface area (Å²) in [6.07, 6.45) is -3.66. The lowest BCUT2D eigenvalue weighted by molar-refractivity contribution is -0.152. The average Bonchev–Trinajstić information content (AvgIpc) is 2.87. The predicted octanol–water partition coefficient (Wildman–Crippen LogP) is 2.58. The van der Waals surface area contributed by atoms with Gasteiger partial charge >= 0.3 is 6.18 Å². The largest absolute Gasteiger partial charge is 0.497 e. The number of allylic oxidation sites excluding steroid dienone is 2. The van der Waals surface area contributed by atoms with E-state index in [0.717, 1.165) is 0 Å². The van der Waals surface area contributed by atoms with Gasteiger partial charge in [0.1, 0.15) is 28.6 Å². The molecule has 0 amide bonds. The first-order valence-corrected chi connectivity index (χ1v) is 11.5. The SMILES string of the molecule is COc1cc(OC)cc(-c2nc(-c3nc(C(C=NC[C@H](O)CC(F)(F)F)=C(C)N)cnc3N)cn(C)c2=O)c1. The van der Waals surface area contributed by atoms with Crippen molar-refractivity contribution < 1.29 is 27.8 Å². The van der Waals surface area contributed by atoms with Gasteiger partial charge in [-0.25, -0.2) is 15.0 Å². The van der Waals surface area contributed by atoms with Crippen LogP contribution in [-0.2, 0) is 7.05 Å². The lowest BCUT2D eigenvalue weighted by atomic mass is 10.1. The number of alkyl halides is 3. The van der Waals surface area contributed by atoms with Crippen LogP contribution in [0.2, 0.25) is 0 Å². The molecule has 1 aromatic carbocycles. The molecule has 0 aliphatic rings. The van der Waals surface area contributed by atoms with Crippen molar-refractivity contribution in [2.24, 2.45) is 17.8 Å². The molecule has 11 nitrogen and oxygen atoms in total. The highest BCUT2D eigenvalue weighted by molar-refractivity contribution is 6.10. The Bertz CT molecular complexity index is 1440. The van der Waals surface area contributed by atoms with Crippen LogP contribution in [0.3, 0.4) is 0 Å². The number of nitrogens with two attached hydrogens (primary N) is 2. The fraction of sp³-hybridized carbons (Fsp3) is 0.320. The molecule has 3 aromatic rings. The zero-order valence-corrected chi connectivity index (χ0v) is 21.7. The summed E-state index contributed by atoms with van der Waals surface area (Å²) in [5.41, 5.74) is 13.2.